The van der Waals surface area contributed by atoms with Gasteiger partial charge >= 0.3 is 0 Å². The van der Waals surface area contributed by atoms with Crippen LogP contribution in [0.25, 0.3) is 0 Å². The summed E-state index contributed by atoms with van der Waals surface area (Å²) in [6, 6.07) is 0. The van der Waals surface area contributed by atoms with Crippen molar-refractivity contribution in [3.8, 4) is 0 Å². The zero-order chi connectivity index (χ0) is 10.0. The summed E-state index contributed by atoms with van der Waals surface area (Å²) < 4.78 is 36.9. The molecule has 3 nitrogen and oxygen atoms in total. The smallest absolute Gasteiger partial charge is 0.282 e. The molecule has 0 spiro atoms. The van der Waals surface area contributed by atoms with Crippen LogP contribution in [-0.2, 0) is 0 Å². The normalized spacial score (nSPS) is 10.5. The van der Waals surface area contributed by atoms with Crippen LogP contribution in [0.2, 0.25) is 0 Å². The molecule has 0 atom stereocenters. The SMILES string of the molecule is Nc1c(C(F)F)ncc(F)c1C=O. The first-order chi connectivity index (χ1) is 6.07. The molecule has 0 saturated carbocycles. The van der Waals surface area contributed by atoms with Crippen molar-refractivity contribution in [2.75, 3.05) is 5.73 Å². The second-order valence-corrected chi connectivity index (χ2v) is 2.24. The van der Waals surface area contributed by atoms with Crippen LogP contribution in [0, 0.1) is 5.82 Å². The Kier molecular flexibility index (Phi) is 2.50. The van der Waals surface area contributed by atoms with E-state index < -0.39 is 29.2 Å². The molecule has 0 fully saturated rings. The number of aromatic nitrogens is 1. The lowest BCUT2D eigenvalue weighted by Gasteiger charge is -2.05. The van der Waals surface area contributed by atoms with E-state index in [1.807, 2.05) is 0 Å². The number of nitrogens with two attached hydrogens (primary N) is 1. The Morgan fingerprint density at radius 2 is 2.15 bits per heavy atom. The van der Waals surface area contributed by atoms with Crippen LogP contribution < -0.4 is 5.73 Å². The summed E-state index contributed by atoms with van der Waals surface area (Å²) in [6.07, 6.45) is -2.29. The summed E-state index contributed by atoms with van der Waals surface area (Å²) in [5.74, 6) is -1.00. The fraction of sp³-hybridized carbons (Fsp3) is 0.143. The van der Waals surface area contributed by atoms with Crippen molar-refractivity contribution < 1.29 is 18.0 Å². The lowest BCUT2D eigenvalue weighted by molar-refractivity contribution is 0.111. The number of anilines is 1. The van der Waals surface area contributed by atoms with Gasteiger partial charge in [-0.3, -0.25) is 4.79 Å². The minimum atomic E-state index is -2.92. The van der Waals surface area contributed by atoms with Gasteiger partial charge in [-0.05, 0) is 0 Å². The lowest BCUT2D eigenvalue weighted by Crippen LogP contribution is -2.05. The Hall–Kier alpha value is -1.59. The molecule has 0 aliphatic carbocycles. The third kappa shape index (κ3) is 1.61. The first-order valence-corrected chi connectivity index (χ1v) is 3.25. The summed E-state index contributed by atoms with van der Waals surface area (Å²) >= 11 is 0. The van der Waals surface area contributed by atoms with Crippen molar-refractivity contribution in [3.05, 3.63) is 23.3 Å². The van der Waals surface area contributed by atoms with Crippen molar-refractivity contribution in [3.63, 3.8) is 0 Å². The molecule has 0 aromatic carbocycles. The van der Waals surface area contributed by atoms with E-state index in [-0.39, 0.29) is 6.29 Å². The average Bonchev–Trinajstić information content (AvgIpc) is 2.04. The Morgan fingerprint density at radius 1 is 1.54 bits per heavy atom. The molecule has 1 heterocycles. The summed E-state index contributed by atoms with van der Waals surface area (Å²) in [7, 11) is 0. The quantitative estimate of drug-likeness (QED) is 0.720. The van der Waals surface area contributed by atoms with Gasteiger partial charge in [0, 0.05) is 0 Å². The van der Waals surface area contributed by atoms with Gasteiger partial charge in [0.1, 0.15) is 5.69 Å². The van der Waals surface area contributed by atoms with Crippen LogP contribution >= 0.6 is 0 Å². The topological polar surface area (TPSA) is 56.0 Å². The number of hydrogen-bond donors (Lipinski definition) is 1. The molecule has 1 aromatic rings. The lowest BCUT2D eigenvalue weighted by atomic mass is 10.2. The molecule has 6 heteroatoms. The summed E-state index contributed by atoms with van der Waals surface area (Å²) in [4.78, 5) is 13.3. The van der Waals surface area contributed by atoms with Gasteiger partial charge in [0.15, 0.2) is 12.1 Å². The number of aldehydes is 1. The average molecular weight is 190 g/mol. The van der Waals surface area contributed by atoms with Gasteiger partial charge in [-0.25, -0.2) is 18.2 Å². The Bertz CT molecular complexity index is 341. The standard InChI is InChI=1S/C7H5F3N2O/c8-4-1-12-6(7(9)10)5(11)3(4)2-13/h1-2,7H,11H2. The Balaban J connectivity index is 3.35. The van der Waals surface area contributed by atoms with Gasteiger partial charge in [-0.2, -0.15) is 0 Å². The third-order valence-electron chi connectivity index (χ3n) is 1.46. The van der Waals surface area contributed by atoms with Gasteiger partial charge in [-0.1, -0.05) is 0 Å². The second kappa shape index (κ2) is 3.42. The highest BCUT2D eigenvalue weighted by atomic mass is 19.3. The van der Waals surface area contributed by atoms with Gasteiger partial charge < -0.3 is 5.73 Å². The molecule has 2 N–H and O–H groups in total. The molecule has 13 heavy (non-hydrogen) atoms. The highest BCUT2D eigenvalue weighted by Crippen LogP contribution is 2.25. The molecule has 0 bridgehead atoms. The fourth-order valence-corrected chi connectivity index (χ4v) is 0.826. The number of nitrogen functional groups attached to an aromatic ring is 1. The van der Waals surface area contributed by atoms with Crippen LogP contribution in [0.4, 0.5) is 18.9 Å². The number of alkyl halides is 2. The number of pyridine rings is 1. The predicted octanol–water partition coefficient (Wildman–Crippen LogP) is 1.55. The first-order valence-electron chi connectivity index (χ1n) is 3.25. The van der Waals surface area contributed by atoms with Crippen LogP contribution in [0.3, 0.4) is 0 Å². The first kappa shape index (κ1) is 9.50. The zero-order valence-electron chi connectivity index (χ0n) is 6.30. The van der Waals surface area contributed by atoms with Crippen molar-refractivity contribution in [2.24, 2.45) is 0 Å². The Morgan fingerprint density at radius 3 is 2.62 bits per heavy atom. The maximum absolute atomic E-state index is 12.7. The summed E-state index contributed by atoms with van der Waals surface area (Å²) in [5.41, 5.74) is 3.12. The van der Waals surface area contributed by atoms with Crippen molar-refractivity contribution in [1.82, 2.24) is 4.98 Å². The molecule has 1 aromatic heterocycles. The predicted molar refractivity (Wildman–Crippen MR) is 39.0 cm³/mol. The largest absolute Gasteiger partial charge is 0.396 e. The van der Waals surface area contributed by atoms with Gasteiger partial charge in [0.05, 0.1) is 17.4 Å². The maximum atomic E-state index is 12.7. The molecule has 0 unspecified atom stereocenters. The number of carbonyl (C=O) groups excluding carboxylic acids is 1. The third-order valence-corrected chi connectivity index (χ3v) is 1.46. The van der Waals surface area contributed by atoms with Crippen LogP contribution in [0.5, 0.6) is 0 Å². The summed E-state index contributed by atoms with van der Waals surface area (Å²) in [5, 5.41) is 0. The fourth-order valence-electron chi connectivity index (χ4n) is 0.826. The molecular weight excluding hydrogens is 185 g/mol. The zero-order valence-corrected chi connectivity index (χ0v) is 6.30. The van der Waals surface area contributed by atoms with Crippen molar-refractivity contribution in [1.29, 1.82) is 0 Å². The van der Waals surface area contributed by atoms with E-state index in [1.165, 1.54) is 0 Å². The van der Waals surface area contributed by atoms with E-state index in [2.05, 4.69) is 4.98 Å². The minimum Gasteiger partial charge on any atom is -0.396 e. The molecule has 0 radical (unpaired) electrons. The molecular formula is C7H5F3N2O. The number of halogens is 3. The maximum Gasteiger partial charge on any atom is 0.282 e. The molecule has 0 aliphatic rings. The highest BCUT2D eigenvalue weighted by molar-refractivity contribution is 5.84. The highest BCUT2D eigenvalue weighted by Gasteiger charge is 2.18. The number of carbonyl (C=O) groups is 1. The minimum absolute atomic E-state index is 0.0816. The van der Waals surface area contributed by atoms with E-state index in [0.29, 0.717) is 6.20 Å². The van der Waals surface area contributed by atoms with E-state index >= 15 is 0 Å². The van der Waals surface area contributed by atoms with Crippen LogP contribution in [0.1, 0.15) is 22.5 Å². The van der Waals surface area contributed by atoms with Crippen molar-refractivity contribution in [2.45, 2.75) is 6.43 Å². The van der Waals surface area contributed by atoms with Crippen LogP contribution in [0.15, 0.2) is 6.20 Å². The Labute approximate surface area is 71.4 Å². The van der Waals surface area contributed by atoms with Gasteiger partial charge in [-0.15, -0.1) is 0 Å². The molecule has 0 saturated heterocycles. The molecule has 0 amide bonds. The van der Waals surface area contributed by atoms with E-state index in [4.69, 9.17) is 5.73 Å². The van der Waals surface area contributed by atoms with Crippen LogP contribution in [-0.4, -0.2) is 11.3 Å². The number of nitrogens with zero attached hydrogens (tertiary/aromatic N) is 1. The van der Waals surface area contributed by atoms with E-state index in [0.717, 1.165) is 0 Å². The van der Waals surface area contributed by atoms with Gasteiger partial charge in [0.25, 0.3) is 6.43 Å². The van der Waals surface area contributed by atoms with E-state index in [9.17, 15) is 18.0 Å². The number of hydrogen-bond acceptors (Lipinski definition) is 3. The second-order valence-electron chi connectivity index (χ2n) is 2.24. The molecule has 70 valence electrons. The molecule has 0 aliphatic heterocycles. The van der Waals surface area contributed by atoms with Gasteiger partial charge in [0.2, 0.25) is 0 Å². The molecule has 1 rings (SSSR count). The number of rotatable bonds is 2. The van der Waals surface area contributed by atoms with E-state index in [1.54, 1.807) is 0 Å². The van der Waals surface area contributed by atoms with Crippen molar-refractivity contribution >= 4 is 12.0 Å². The summed E-state index contributed by atoms with van der Waals surface area (Å²) in [6.45, 7) is 0. The monoisotopic (exact) mass is 190 g/mol.